The molecule has 0 fully saturated rings. The van der Waals surface area contributed by atoms with Gasteiger partial charge in [-0.25, -0.2) is 4.68 Å². The van der Waals surface area contributed by atoms with Crippen LogP contribution in [-0.2, 0) is 7.05 Å². The Labute approximate surface area is 108 Å². The highest BCUT2D eigenvalue weighted by molar-refractivity contribution is 5.59. The van der Waals surface area contributed by atoms with Gasteiger partial charge in [0.2, 0.25) is 5.88 Å². The third kappa shape index (κ3) is 2.80. The topological polar surface area (TPSA) is 27.1 Å². The van der Waals surface area contributed by atoms with Gasteiger partial charge in [-0.05, 0) is 12.0 Å². The van der Waals surface area contributed by atoms with Crippen molar-refractivity contribution in [2.24, 2.45) is 7.05 Å². The fraction of sp³-hybridized carbons (Fsp3) is 0.267. The molecule has 0 saturated heterocycles. The summed E-state index contributed by atoms with van der Waals surface area (Å²) in [5, 5.41) is 4.45. The van der Waals surface area contributed by atoms with Gasteiger partial charge in [-0.15, -0.1) is 0 Å². The highest BCUT2D eigenvalue weighted by Crippen LogP contribution is 2.22. The third-order valence-corrected chi connectivity index (χ3v) is 2.83. The maximum atomic E-state index is 5.69. The van der Waals surface area contributed by atoms with Crippen molar-refractivity contribution in [3.05, 3.63) is 48.6 Å². The van der Waals surface area contributed by atoms with E-state index in [-0.39, 0.29) is 0 Å². The zero-order chi connectivity index (χ0) is 13.0. The van der Waals surface area contributed by atoms with Gasteiger partial charge in [0.25, 0.3) is 0 Å². The molecule has 0 amide bonds. The SMILES string of the molecule is C=C(CC)COc1cc(-c2ccccc2)nn1C. The second kappa shape index (κ2) is 5.54. The van der Waals surface area contributed by atoms with E-state index in [1.807, 2.05) is 43.4 Å². The van der Waals surface area contributed by atoms with Crippen LogP contribution in [0.1, 0.15) is 13.3 Å². The number of hydrogen-bond acceptors (Lipinski definition) is 2. The van der Waals surface area contributed by atoms with Crippen LogP contribution in [0, 0.1) is 0 Å². The van der Waals surface area contributed by atoms with Crippen LogP contribution in [0.15, 0.2) is 48.6 Å². The second-order valence-corrected chi connectivity index (χ2v) is 4.25. The second-order valence-electron chi connectivity index (χ2n) is 4.25. The molecule has 2 rings (SSSR count). The van der Waals surface area contributed by atoms with Crippen LogP contribution in [0.4, 0.5) is 0 Å². The molecule has 0 unspecified atom stereocenters. The molecule has 2 aromatic rings. The maximum Gasteiger partial charge on any atom is 0.212 e. The lowest BCUT2D eigenvalue weighted by Gasteiger charge is -2.05. The van der Waals surface area contributed by atoms with Gasteiger partial charge in [-0.1, -0.05) is 43.8 Å². The number of rotatable bonds is 5. The first kappa shape index (κ1) is 12.4. The molecule has 0 spiro atoms. The minimum Gasteiger partial charge on any atom is -0.473 e. The molecule has 1 aromatic heterocycles. The van der Waals surface area contributed by atoms with Crippen molar-refractivity contribution in [3.63, 3.8) is 0 Å². The molecular weight excluding hydrogens is 224 g/mol. The molecule has 1 heterocycles. The van der Waals surface area contributed by atoms with E-state index >= 15 is 0 Å². The fourth-order valence-corrected chi connectivity index (χ4v) is 1.61. The molecule has 0 atom stereocenters. The predicted octanol–water partition coefficient (Wildman–Crippen LogP) is 3.43. The summed E-state index contributed by atoms with van der Waals surface area (Å²) in [6.45, 7) is 6.55. The van der Waals surface area contributed by atoms with Crippen molar-refractivity contribution in [2.45, 2.75) is 13.3 Å². The average Bonchev–Trinajstić information content (AvgIpc) is 2.78. The van der Waals surface area contributed by atoms with Gasteiger partial charge in [0, 0.05) is 18.7 Å². The van der Waals surface area contributed by atoms with Crippen molar-refractivity contribution in [3.8, 4) is 17.1 Å². The number of aromatic nitrogens is 2. The first-order chi connectivity index (χ1) is 8.70. The molecule has 3 nitrogen and oxygen atoms in total. The Bertz CT molecular complexity index is 529. The molecule has 0 aliphatic heterocycles. The first-order valence-electron chi connectivity index (χ1n) is 6.09. The minimum absolute atomic E-state index is 0.546. The number of aryl methyl sites for hydroxylation is 1. The largest absolute Gasteiger partial charge is 0.473 e. The normalized spacial score (nSPS) is 10.3. The fourth-order valence-electron chi connectivity index (χ4n) is 1.61. The molecule has 3 heteroatoms. The molecule has 0 aliphatic carbocycles. The summed E-state index contributed by atoms with van der Waals surface area (Å²) in [5.74, 6) is 0.767. The smallest absolute Gasteiger partial charge is 0.212 e. The van der Waals surface area contributed by atoms with Crippen molar-refractivity contribution in [1.82, 2.24) is 9.78 Å². The van der Waals surface area contributed by atoms with Crippen LogP contribution in [0.5, 0.6) is 5.88 Å². The Kier molecular flexibility index (Phi) is 3.82. The summed E-state index contributed by atoms with van der Waals surface area (Å²) >= 11 is 0. The van der Waals surface area contributed by atoms with E-state index in [1.165, 1.54) is 0 Å². The number of ether oxygens (including phenoxy) is 1. The van der Waals surface area contributed by atoms with Gasteiger partial charge in [0.15, 0.2) is 0 Å². The first-order valence-corrected chi connectivity index (χ1v) is 6.09. The standard InChI is InChI=1S/C15H18N2O/c1-4-12(2)11-18-15-10-14(16-17(15)3)13-8-6-5-7-9-13/h5-10H,2,4,11H2,1,3H3. The monoisotopic (exact) mass is 242 g/mol. The molecule has 0 saturated carbocycles. The van der Waals surface area contributed by atoms with Crippen LogP contribution in [0.3, 0.4) is 0 Å². The highest BCUT2D eigenvalue weighted by atomic mass is 16.5. The lowest BCUT2D eigenvalue weighted by atomic mass is 10.2. The van der Waals surface area contributed by atoms with Crippen LogP contribution in [0.2, 0.25) is 0 Å². The molecule has 18 heavy (non-hydrogen) atoms. The molecule has 0 radical (unpaired) electrons. The Hall–Kier alpha value is -2.03. The van der Waals surface area contributed by atoms with E-state index in [1.54, 1.807) is 4.68 Å². The summed E-state index contributed by atoms with van der Waals surface area (Å²) in [7, 11) is 1.89. The van der Waals surface area contributed by atoms with Crippen LogP contribution >= 0.6 is 0 Å². The van der Waals surface area contributed by atoms with Crippen LogP contribution in [0.25, 0.3) is 11.3 Å². The number of nitrogens with zero attached hydrogens (tertiary/aromatic N) is 2. The Morgan fingerprint density at radius 1 is 1.33 bits per heavy atom. The van der Waals surface area contributed by atoms with E-state index in [2.05, 4.69) is 18.6 Å². The van der Waals surface area contributed by atoms with E-state index in [0.29, 0.717) is 6.61 Å². The molecular formula is C15H18N2O. The summed E-state index contributed by atoms with van der Waals surface area (Å²) in [6, 6.07) is 12.0. The van der Waals surface area contributed by atoms with Gasteiger partial charge < -0.3 is 4.74 Å². The lowest BCUT2D eigenvalue weighted by molar-refractivity contribution is 0.317. The van der Waals surface area contributed by atoms with Gasteiger partial charge >= 0.3 is 0 Å². The van der Waals surface area contributed by atoms with Crippen molar-refractivity contribution < 1.29 is 4.74 Å². The zero-order valence-electron chi connectivity index (χ0n) is 10.9. The predicted molar refractivity (Wildman–Crippen MR) is 73.6 cm³/mol. The molecule has 1 aromatic carbocycles. The van der Waals surface area contributed by atoms with E-state index in [4.69, 9.17) is 4.74 Å². The average molecular weight is 242 g/mol. The van der Waals surface area contributed by atoms with E-state index < -0.39 is 0 Å². The Morgan fingerprint density at radius 2 is 2.06 bits per heavy atom. The Morgan fingerprint density at radius 3 is 2.72 bits per heavy atom. The lowest BCUT2D eigenvalue weighted by Crippen LogP contribution is -2.03. The van der Waals surface area contributed by atoms with Crippen molar-refractivity contribution >= 4 is 0 Å². The number of benzene rings is 1. The van der Waals surface area contributed by atoms with Gasteiger partial charge in [-0.3, -0.25) is 0 Å². The Balaban J connectivity index is 2.15. The van der Waals surface area contributed by atoms with Crippen LogP contribution in [-0.4, -0.2) is 16.4 Å². The zero-order valence-corrected chi connectivity index (χ0v) is 10.9. The van der Waals surface area contributed by atoms with Crippen LogP contribution < -0.4 is 4.74 Å². The quantitative estimate of drug-likeness (QED) is 0.751. The molecule has 0 bridgehead atoms. The minimum atomic E-state index is 0.546. The van der Waals surface area contributed by atoms with Gasteiger partial charge in [0.05, 0.1) is 5.69 Å². The van der Waals surface area contributed by atoms with Crippen molar-refractivity contribution in [2.75, 3.05) is 6.61 Å². The molecule has 94 valence electrons. The summed E-state index contributed by atoms with van der Waals surface area (Å²) in [4.78, 5) is 0. The number of hydrogen-bond donors (Lipinski definition) is 0. The van der Waals surface area contributed by atoms with E-state index in [0.717, 1.165) is 29.1 Å². The third-order valence-electron chi connectivity index (χ3n) is 2.83. The highest BCUT2D eigenvalue weighted by Gasteiger charge is 2.07. The maximum absolute atomic E-state index is 5.69. The van der Waals surface area contributed by atoms with Gasteiger partial charge in [0.1, 0.15) is 6.61 Å². The summed E-state index contributed by atoms with van der Waals surface area (Å²) < 4.78 is 7.45. The van der Waals surface area contributed by atoms with E-state index in [9.17, 15) is 0 Å². The summed E-state index contributed by atoms with van der Waals surface area (Å²) in [5.41, 5.74) is 3.10. The van der Waals surface area contributed by atoms with Gasteiger partial charge in [-0.2, -0.15) is 5.10 Å². The molecule has 0 N–H and O–H groups in total. The summed E-state index contributed by atoms with van der Waals surface area (Å²) in [6.07, 6.45) is 0.934. The van der Waals surface area contributed by atoms with Crippen molar-refractivity contribution in [1.29, 1.82) is 0 Å². The molecule has 0 aliphatic rings.